The van der Waals surface area contributed by atoms with Crippen molar-refractivity contribution in [2.75, 3.05) is 39.3 Å². The van der Waals surface area contributed by atoms with Gasteiger partial charge in [0, 0.05) is 54.6 Å². The summed E-state index contributed by atoms with van der Waals surface area (Å²) in [5.41, 5.74) is 6.75. The number of hydrogen-bond donors (Lipinski definition) is 1. The fourth-order valence-corrected chi connectivity index (χ4v) is 6.37. The topological polar surface area (TPSA) is 59.7 Å². The van der Waals surface area contributed by atoms with E-state index in [1.807, 2.05) is 36.6 Å². The van der Waals surface area contributed by atoms with Crippen LogP contribution in [0.15, 0.2) is 42.5 Å². The molecule has 2 aliphatic heterocycles. The van der Waals surface area contributed by atoms with Crippen molar-refractivity contribution in [3.8, 4) is 0 Å². The number of rotatable bonds is 4. The molecular weight excluding hydrogens is 508 g/mol. The second kappa shape index (κ2) is 11.7. The van der Waals surface area contributed by atoms with Crippen LogP contribution in [0.3, 0.4) is 0 Å². The molecule has 2 saturated heterocycles. The number of likely N-dealkylation sites (tertiary alicyclic amines) is 1. The second-order valence-corrected chi connectivity index (χ2v) is 12.2. The van der Waals surface area contributed by atoms with Gasteiger partial charge in [-0.25, -0.2) is 0 Å². The van der Waals surface area contributed by atoms with Crippen LogP contribution in [0.1, 0.15) is 72.3 Å². The number of benzene rings is 2. The molecule has 0 saturated carbocycles. The van der Waals surface area contributed by atoms with Gasteiger partial charge >= 0.3 is 0 Å². The Bertz CT molecular complexity index is 1310. The van der Waals surface area contributed by atoms with Gasteiger partial charge in [0.25, 0.3) is 5.91 Å². The number of fused-ring (bicyclic) bond motifs is 1. The smallest absolute Gasteiger partial charge is 0.270 e. The van der Waals surface area contributed by atoms with Gasteiger partial charge in [-0.2, -0.15) is 0 Å². The second-order valence-electron chi connectivity index (χ2n) is 12.2. The Morgan fingerprint density at radius 3 is 2.05 bits per heavy atom. The van der Waals surface area contributed by atoms with Crippen molar-refractivity contribution >= 4 is 35.1 Å². The van der Waals surface area contributed by atoms with Crippen LogP contribution in [-0.2, 0) is 11.3 Å². The van der Waals surface area contributed by atoms with Gasteiger partial charge in [-0.15, -0.1) is 12.4 Å². The zero-order chi connectivity index (χ0) is 27.0. The van der Waals surface area contributed by atoms with Crippen LogP contribution in [-0.4, -0.2) is 70.8 Å². The first-order valence-corrected chi connectivity index (χ1v) is 14.1. The summed E-state index contributed by atoms with van der Waals surface area (Å²) in [5, 5.41) is 1.13. The third kappa shape index (κ3) is 6.02. The van der Waals surface area contributed by atoms with Crippen molar-refractivity contribution in [3.63, 3.8) is 0 Å². The number of hydrogen-bond acceptors (Lipinski definition) is 3. The lowest BCUT2D eigenvalue weighted by molar-refractivity contribution is -0.140. The van der Waals surface area contributed by atoms with E-state index in [9.17, 15) is 9.59 Å². The SMILES string of the molecule is Cc1cccc(C)c1C1CCN(Cc2c(C(=O)N3CCN(C(=O)C(C)(C)C)CC3)[nH]c3ccccc23)CC1.Cl. The van der Waals surface area contributed by atoms with Gasteiger partial charge in [-0.1, -0.05) is 57.2 Å². The molecule has 1 aromatic heterocycles. The molecule has 2 amide bonds. The number of halogens is 1. The summed E-state index contributed by atoms with van der Waals surface area (Å²) in [4.78, 5) is 36.3. The molecule has 6 nitrogen and oxygen atoms in total. The largest absolute Gasteiger partial charge is 0.350 e. The first-order valence-electron chi connectivity index (χ1n) is 14.1. The Balaban J connectivity index is 0.00000353. The minimum atomic E-state index is -0.401. The van der Waals surface area contributed by atoms with E-state index >= 15 is 0 Å². The summed E-state index contributed by atoms with van der Waals surface area (Å²) >= 11 is 0. The summed E-state index contributed by atoms with van der Waals surface area (Å²) in [6, 6.07) is 14.9. The van der Waals surface area contributed by atoms with Gasteiger partial charge in [-0.05, 0) is 68.5 Å². The molecule has 0 spiro atoms. The van der Waals surface area contributed by atoms with E-state index < -0.39 is 5.41 Å². The van der Waals surface area contributed by atoms with E-state index in [4.69, 9.17) is 0 Å². The molecule has 1 N–H and O–H groups in total. The van der Waals surface area contributed by atoms with Crippen LogP contribution in [0.2, 0.25) is 0 Å². The summed E-state index contributed by atoms with van der Waals surface area (Å²) < 4.78 is 0. The molecule has 7 heteroatoms. The Hall–Kier alpha value is -2.83. The molecule has 0 bridgehead atoms. The Morgan fingerprint density at radius 1 is 0.846 bits per heavy atom. The van der Waals surface area contributed by atoms with Gasteiger partial charge in [-0.3, -0.25) is 14.5 Å². The number of piperazine rings is 1. The third-order valence-electron chi connectivity index (χ3n) is 8.44. The van der Waals surface area contributed by atoms with E-state index in [2.05, 4.69) is 60.1 Å². The fourth-order valence-electron chi connectivity index (χ4n) is 6.37. The standard InChI is InChI=1S/C32H42N4O2.ClH/c1-22-9-8-10-23(2)28(22)24-13-15-34(16-14-24)21-26-25-11-6-7-12-27(25)33-29(26)30(37)35-17-19-36(20-18-35)31(38)32(3,4)5;/h6-12,24,33H,13-21H2,1-5H3;1H. The molecule has 0 radical (unpaired) electrons. The van der Waals surface area contributed by atoms with Crippen molar-refractivity contribution in [2.45, 2.75) is 59.9 Å². The zero-order valence-electron chi connectivity index (χ0n) is 24.0. The first-order chi connectivity index (χ1) is 18.1. The number of aryl methyl sites for hydroxylation is 2. The summed E-state index contributed by atoms with van der Waals surface area (Å²) in [6.07, 6.45) is 2.28. The lowest BCUT2D eigenvalue weighted by Crippen LogP contribution is -2.53. The van der Waals surface area contributed by atoms with Crippen molar-refractivity contribution in [3.05, 3.63) is 70.4 Å². The zero-order valence-corrected chi connectivity index (χ0v) is 24.9. The Labute approximate surface area is 239 Å². The highest BCUT2D eigenvalue weighted by atomic mass is 35.5. The number of piperidine rings is 1. The van der Waals surface area contributed by atoms with E-state index in [0.717, 1.165) is 48.9 Å². The van der Waals surface area contributed by atoms with Crippen molar-refractivity contribution in [1.29, 1.82) is 0 Å². The van der Waals surface area contributed by atoms with E-state index in [1.165, 1.54) is 16.7 Å². The maximum absolute atomic E-state index is 13.8. The third-order valence-corrected chi connectivity index (χ3v) is 8.44. The molecule has 3 aromatic rings. The molecule has 2 fully saturated rings. The molecule has 2 aromatic carbocycles. The van der Waals surface area contributed by atoms with E-state index in [-0.39, 0.29) is 24.2 Å². The quantitative estimate of drug-likeness (QED) is 0.439. The number of amides is 2. The number of aromatic nitrogens is 1. The highest BCUT2D eigenvalue weighted by Crippen LogP contribution is 2.34. The molecule has 0 atom stereocenters. The number of carbonyl (C=O) groups excluding carboxylic acids is 2. The normalized spacial score (nSPS) is 17.4. The van der Waals surface area contributed by atoms with Gasteiger partial charge in [0.2, 0.25) is 5.91 Å². The molecule has 39 heavy (non-hydrogen) atoms. The lowest BCUT2D eigenvalue weighted by Gasteiger charge is -2.37. The maximum Gasteiger partial charge on any atom is 0.270 e. The number of nitrogens with zero attached hydrogens (tertiary/aromatic N) is 3. The van der Waals surface area contributed by atoms with Crippen LogP contribution >= 0.6 is 12.4 Å². The summed E-state index contributed by atoms with van der Waals surface area (Å²) in [5.74, 6) is 0.799. The average molecular weight is 551 g/mol. The number of aromatic amines is 1. The van der Waals surface area contributed by atoms with Crippen molar-refractivity contribution in [1.82, 2.24) is 19.7 Å². The predicted octanol–water partition coefficient (Wildman–Crippen LogP) is 5.92. The minimum Gasteiger partial charge on any atom is -0.350 e. The molecule has 0 aliphatic carbocycles. The fraction of sp³-hybridized carbons (Fsp3) is 0.500. The van der Waals surface area contributed by atoms with Crippen molar-refractivity contribution < 1.29 is 9.59 Å². The minimum absolute atomic E-state index is 0. The average Bonchev–Trinajstić information content (AvgIpc) is 3.26. The first kappa shape index (κ1) is 29.2. The Morgan fingerprint density at radius 2 is 1.44 bits per heavy atom. The van der Waals surface area contributed by atoms with Crippen LogP contribution in [0.4, 0.5) is 0 Å². The van der Waals surface area contributed by atoms with Gasteiger partial charge in [0.15, 0.2) is 0 Å². The van der Waals surface area contributed by atoms with Gasteiger partial charge in [0.05, 0.1) is 0 Å². The highest BCUT2D eigenvalue weighted by Gasteiger charge is 2.33. The number of nitrogens with one attached hydrogen (secondary N) is 1. The predicted molar refractivity (Wildman–Crippen MR) is 161 cm³/mol. The molecule has 3 heterocycles. The van der Waals surface area contributed by atoms with E-state index in [0.29, 0.717) is 37.8 Å². The number of carbonyl (C=O) groups is 2. The highest BCUT2D eigenvalue weighted by molar-refractivity contribution is 6.01. The summed E-state index contributed by atoms with van der Waals surface area (Å²) in [6.45, 7) is 15.5. The number of para-hydroxylation sites is 1. The summed E-state index contributed by atoms with van der Waals surface area (Å²) in [7, 11) is 0. The molecule has 5 rings (SSSR count). The van der Waals surface area contributed by atoms with Crippen LogP contribution in [0, 0.1) is 19.3 Å². The van der Waals surface area contributed by atoms with Crippen LogP contribution in [0.25, 0.3) is 10.9 Å². The van der Waals surface area contributed by atoms with Crippen LogP contribution < -0.4 is 0 Å². The van der Waals surface area contributed by atoms with Gasteiger partial charge < -0.3 is 14.8 Å². The van der Waals surface area contributed by atoms with Crippen molar-refractivity contribution in [2.24, 2.45) is 5.41 Å². The monoisotopic (exact) mass is 550 g/mol. The lowest BCUT2D eigenvalue weighted by atomic mass is 9.84. The molecular formula is C32H43ClN4O2. The van der Waals surface area contributed by atoms with Crippen LogP contribution in [0.5, 0.6) is 0 Å². The molecule has 2 aliphatic rings. The van der Waals surface area contributed by atoms with Gasteiger partial charge in [0.1, 0.15) is 5.69 Å². The Kier molecular flexibility index (Phi) is 8.77. The maximum atomic E-state index is 13.8. The molecule has 210 valence electrons. The van der Waals surface area contributed by atoms with E-state index in [1.54, 1.807) is 0 Å². The molecule has 0 unspecified atom stereocenters. The number of H-pyrrole nitrogens is 1.